The Kier molecular flexibility index (Phi) is 6.00. The van der Waals surface area contributed by atoms with E-state index in [0.29, 0.717) is 6.42 Å². The fourth-order valence-corrected chi connectivity index (χ4v) is 5.23. The fraction of sp³-hybridized carbons (Fsp3) is 0.130. The minimum Gasteiger partial charge on any atom is -0.422 e. The number of hydrogen-bond donors (Lipinski definition) is 1. The first-order valence-corrected chi connectivity index (χ1v) is 12.9. The lowest BCUT2D eigenvalue weighted by molar-refractivity contribution is 0.570. The summed E-state index contributed by atoms with van der Waals surface area (Å²) in [6.07, 6.45) is 0.682. The van der Waals surface area contributed by atoms with Gasteiger partial charge in [0.25, 0.3) is 8.32 Å². The number of rotatable bonds is 4. The molecule has 0 unspecified atom stereocenters. The van der Waals surface area contributed by atoms with Crippen molar-refractivity contribution in [1.82, 2.24) is 0 Å². The highest BCUT2D eigenvalue weighted by Crippen LogP contribution is 2.31. The van der Waals surface area contributed by atoms with Crippen molar-refractivity contribution in [3.63, 3.8) is 0 Å². The summed E-state index contributed by atoms with van der Waals surface area (Å²) >= 11 is 0. The van der Waals surface area contributed by atoms with Crippen molar-refractivity contribution in [1.29, 1.82) is 0 Å². The molecule has 0 atom stereocenters. The number of benzene rings is 3. The third-order valence-electron chi connectivity index (χ3n) is 3.80. The second-order valence-electron chi connectivity index (χ2n) is 6.61. The molecule has 0 aliphatic heterocycles. The first-order valence-electron chi connectivity index (χ1n) is 8.69. The maximum absolute atomic E-state index is 9.83. The van der Waals surface area contributed by atoms with Gasteiger partial charge in [0.2, 0.25) is 0 Å². The predicted octanol–water partition coefficient (Wildman–Crippen LogP) is 5.06. The van der Waals surface area contributed by atoms with E-state index in [-0.39, 0.29) is 10.9 Å². The average Bonchev–Trinajstić information content (AvgIpc) is 2.64. The van der Waals surface area contributed by atoms with Crippen LogP contribution in [-0.2, 0) is 17.3 Å². The molecule has 3 rings (SSSR count). The van der Waals surface area contributed by atoms with Crippen molar-refractivity contribution in [2.24, 2.45) is 0 Å². The molecular formula is C23H23OSSi+. The van der Waals surface area contributed by atoms with Crippen molar-refractivity contribution < 1.29 is 4.80 Å². The fourth-order valence-electron chi connectivity index (χ4n) is 2.63. The zero-order valence-electron chi connectivity index (χ0n) is 15.1. The van der Waals surface area contributed by atoms with Gasteiger partial charge in [-0.3, -0.25) is 0 Å². The Labute approximate surface area is 160 Å². The highest BCUT2D eigenvalue weighted by atomic mass is 32.2. The molecule has 0 aromatic heterocycles. The van der Waals surface area contributed by atoms with E-state index in [2.05, 4.69) is 96.4 Å². The molecule has 26 heavy (non-hydrogen) atoms. The molecule has 0 aliphatic rings. The second-order valence-corrected chi connectivity index (χ2v) is 12.0. The molecule has 1 nitrogen and oxygen atoms in total. The minimum atomic E-state index is -2.29. The van der Waals surface area contributed by atoms with E-state index in [4.69, 9.17) is 0 Å². The molecule has 0 radical (unpaired) electrons. The van der Waals surface area contributed by atoms with Crippen LogP contribution in [0.1, 0.15) is 5.56 Å². The van der Waals surface area contributed by atoms with E-state index in [9.17, 15) is 4.80 Å². The normalized spacial score (nSPS) is 11.1. The SMILES string of the molecule is C[Si](C)(O)C#CCc1ccc([S+](c2ccccc2)c2ccccc2)cc1. The highest BCUT2D eigenvalue weighted by molar-refractivity contribution is 7.97. The van der Waals surface area contributed by atoms with Crippen LogP contribution in [-0.4, -0.2) is 13.1 Å². The van der Waals surface area contributed by atoms with Crippen LogP contribution >= 0.6 is 0 Å². The van der Waals surface area contributed by atoms with Crippen molar-refractivity contribution in [2.45, 2.75) is 34.2 Å². The molecule has 0 saturated heterocycles. The molecule has 0 saturated carbocycles. The molecular weight excluding hydrogens is 352 g/mol. The largest absolute Gasteiger partial charge is 0.422 e. The highest BCUT2D eigenvalue weighted by Gasteiger charge is 2.27. The van der Waals surface area contributed by atoms with E-state index >= 15 is 0 Å². The molecule has 0 fully saturated rings. The van der Waals surface area contributed by atoms with Crippen LogP contribution in [0, 0.1) is 11.5 Å². The smallest absolute Gasteiger partial charge is 0.263 e. The summed E-state index contributed by atoms with van der Waals surface area (Å²) in [4.78, 5) is 13.8. The van der Waals surface area contributed by atoms with Gasteiger partial charge in [0.05, 0.1) is 10.9 Å². The summed E-state index contributed by atoms with van der Waals surface area (Å²) in [5, 5.41) is 0. The van der Waals surface area contributed by atoms with Crippen LogP contribution in [0.15, 0.2) is 99.6 Å². The van der Waals surface area contributed by atoms with Crippen LogP contribution in [0.25, 0.3) is 0 Å². The van der Waals surface area contributed by atoms with Crippen LogP contribution in [0.5, 0.6) is 0 Å². The van der Waals surface area contributed by atoms with Crippen LogP contribution in [0.3, 0.4) is 0 Å². The first-order chi connectivity index (χ1) is 12.5. The van der Waals surface area contributed by atoms with Gasteiger partial charge >= 0.3 is 0 Å². The van der Waals surface area contributed by atoms with E-state index in [1.54, 1.807) is 0 Å². The molecule has 0 heterocycles. The standard InChI is InChI=1S/C23H23OSSi/c1-26(2,24)19-9-10-20-15-17-23(18-16-20)25(21-11-5-3-6-12-21)22-13-7-4-8-14-22/h3-8,11-18,24H,10H2,1-2H3/q+1. The van der Waals surface area contributed by atoms with Crippen molar-refractivity contribution in [3.05, 3.63) is 90.5 Å². The van der Waals surface area contributed by atoms with E-state index in [0.717, 1.165) is 0 Å². The molecule has 3 heteroatoms. The van der Waals surface area contributed by atoms with Crippen LogP contribution < -0.4 is 0 Å². The third-order valence-corrected chi connectivity index (χ3v) is 6.82. The summed E-state index contributed by atoms with van der Waals surface area (Å²) in [5.41, 5.74) is 4.19. The Hall–Kier alpha value is -2.25. The van der Waals surface area contributed by atoms with Gasteiger partial charge in [0.15, 0.2) is 14.7 Å². The Morgan fingerprint density at radius 2 is 1.19 bits per heavy atom. The minimum absolute atomic E-state index is 0.112. The molecule has 0 amide bonds. The van der Waals surface area contributed by atoms with Gasteiger partial charge in [0, 0.05) is 6.42 Å². The van der Waals surface area contributed by atoms with Crippen molar-refractivity contribution >= 4 is 19.2 Å². The quantitative estimate of drug-likeness (QED) is 0.384. The predicted molar refractivity (Wildman–Crippen MR) is 113 cm³/mol. The van der Waals surface area contributed by atoms with Gasteiger partial charge in [-0.2, -0.15) is 0 Å². The van der Waals surface area contributed by atoms with E-state index in [1.165, 1.54) is 20.2 Å². The molecule has 1 N–H and O–H groups in total. The summed E-state index contributed by atoms with van der Waals surface area (Å²) in [7, 11) is -2.40. The maximum atomic E-state index is 9.83. The second kappa shape index (κ2) is 8.42. The van der Waals surface area contributed by atoms with Gasteiger partial charge in [-0.1, -0.05) is 54.1 Å². The van der Waals surface area contributed by atoms with Crippen LogP contribution in [0.2, 0.25) is 13.1 Å². The average molecular weight is 376 g/mol. The summed E-state index contributed by atoms with van der Waals surface area (Å²) < 4.78 is 0. The van der Waals surface area contributed by atoms with Gasteiger partial charge in [-0.15, -0.1) is 5.92 Å². The monoisotopic (exact) mass is 375 g/mol. The van der Waals surface area contributed by atoms with Gasteiger partial charge in [0.1, 0.15) is 0 Å². The first kappa shape index (κ1) is 18.5. The van der Waals surface area contributed by atoms with Crippen molar-refractivity contribution in [3.8, 4) is 11.5 Å². The molecule has 3 aromatic rings. The Morgan fingerprint density at radius 1 is 0.731 bits per heavy atom. The zero-order valence-corrected chi connectivity index (χ0v) is 17.0. The van der Waals surface area contributed by atoms with E-state index in [1.807, 2.05) is 13.1 Å². The Bertz CT molecular complexity index is 849. The lowest BCUT2D eigenvalue weighted by atomic mass is 10.2. The Morgan fingerprint density at radius 3 is 1.65 bits per heavy atom. The van der Waals surface area contributed by atoms with Gasteiger partial charge in [-0.05, 0) is 55.1 Å². The third kappa shape index (κ3) is 5.12. The Balaban J connectivity index is 1.89. The molecule has 0 aliphatic carbocycles. The molecule has 0 spiro atoms. The molecule has 130 valence electrons. The summed E-state index contributed by atoms with van der Waals surface area (Å²) in [5.74, 6) is 3.12. The summed E-state index contributed by atoms with van der Waals surface area (Å²) in [6, 6.07) is 30.0. The summed E-state index contributed by atoms with van der Waals surface area (Å²) in [6.45, 7) is 3.68. The topological polar surface area (TPSA) is 20.2 Å². The zero-order chi connectivity index (χ0) is 18.4. The molecule has 0 bridgehead atoms. The molecule has 3 aromatic carbocycles. The van der Waals surface area contributed by atoms with Gasteiger partial charge in [-0.25, -0.2) is 0 Å². The van der Waals surface area contributed by atoms with Crippen LogP contribution in [0.4, 0.5) is 0 Å². The van der Waals surface area contributed by atoms with E-state index < -0.39 is 8.32 Å². The van der Waals surface area contributed by atoms with Crippen molar-refractivity contribution in [2.75, 3.05) is 0 Å². The lowest BCUT2D eigenvalue weighted by Crippen LogP contribution is -2.22. The van der Waals surface area contributed by atoms with Gasteiger partial charge < -0.3 is 4.80 Å². The number of hydrogen-bond acceptors (Lipinski definition) is 1. The maximum Gasteiger partial charge on any atom is 0.263 e. The lowest BCUT2D eigenvalue weighted by Gasteiger charge is -2.08.